The fourth-order valence-corrected chi connectivity index (χ4v) is 2.60. The maximum absolute atomic E-state index is 11.4. The maximum Gasteiger partial charge on any atom is 0.305 e. The number of benzene rings is 1. The average Bonchev–Trinajstić information content (AvgIpc) is 2.60. The molecule has 7 nitrogen and oxygen atoms in total. The topological polar surface area (TPSA) is 91.3 Å². The number of carbonyl (C=O) groups excluding carboxylic acids is 2. The van der Waals surface area contributed by atoms with E-state index in [2.05, 4.69) is 0 Å². The molecule has 0 amide bonds. The second-order valence-electron chi connectivity index (χ2n) is 5.81. The van der Waals surface area contributed by atoms with Gasteiger partial charge in [0.1, 0.15) is 18.8 Å². The molecular weight excluding hydrogens is 328 g/mol. The van der Waals surface area contributed by atoms with Crippen LogP contribution in [0.4, 0.5) is 0 Å². The molecule has 0 aromatic heterocycles. The van der Waals surface area contributed by atoms with Crippen molar-refractivity contribution in [2.45, 2.75) is 57.9 Å². The molecule has 1 aliphatic heterocycles. The van der Waals surface area contributed by atoms with Crippen molar-refractivity contribution in [3.05, 3.63) is 35.9 Å². The smallest absolute Gasteiger partial charge is 0.305 e. The Hall–Kier alpha value is -1.96. The zero-order valence-electron chi connectivity index (χ0n) is 14.4. The van der Waals surface area contributed by atoms with Crippen molar-refractivity contribution in [2.75, 3.05) is 6.61 Å². The molecule has 1 saturated heterocycles. The molecular formula is C18H24O7. The Labute approximate surface area is 146 Å². The highest BCUT2D eigenvalue weighted by Gasteiger charge is 2.42. The first-order chi connectivity index (χ1) is 12.0. The fourth-order valence-electron chi connectivity index (χ4n) is 2.60. The summed E-state index contributed by atoms with van der Waals surface area (Å²) < 4.78 is 21.7. The molecule has 1 fully saturated rings. The summed E-state index contributed by atoms with van der Waals surface area (Å²) in [6, 6.07) is 9.53. The number of hydrogen-bond acceptors (Lipinski definition) is 7. The van der Waals surface area contributed by atoms with E-state index in [9.17, 15) is 14.7 Å². The zero-order valence-corrected chi connectivity index (χ0v) is 14.4. The van der Waals surface area contributed by atoms with Crippen molar-refractivity contribution in [3.8, 4) is 0 Å². The Morgan fingerprint density at radius 1 is 1.28 bits per heavy atom. The average molecular weight is 352 g/mol. The first-order valence-electron chi connectivity index (χ1n) is 8.31. The number of esters is 2. The van der Waals surface area contributed by atoms with Crippen LogP contribution in [-0.4, -0.2) is 48.3 Å². The summed E-state index contributed by atoms with van der Waals surface area (Å²) in [6.45, 7) is 3.15. The third kappa shape index (κ3) is 6.12. The van der Waals surface area contributed by atoms with Gasteiger partial charge in [0.15, 0.2) is 12.4 Å². The van der Waals surface area contributed by atoms with Gasteiger partial charge < -0.3 is 24.1 Å². The van der Waals surface area contributed by atoms with Crippen LogP contribution in [0.3, 0.4) is 0 Å². The van der Waals surface area contributed by atoms with Crippen LogP contribution in [0.25, 0.3) is 0 Å². The van der Waals surface area contributed by atoms with E-state index in [1.165, 1.54) is 6.92 Å². The highest BCUT2D eigenvalue weighted by molar-refractivity contribution is 5.69. The highest BCUT2D eigenvalue weighted by atomic mass is 16.7. The minimum absolute atomic E-state index is 0.118. The van der Waals surface area contributed by atoms with Gasteiger partial charge >= 0.3 is 11.9 Å². The van der Waals surface area contributed by atoms with Crippen LogP contribution in [-0.2, 0) is 35.1 Å². The predicted octanol–water partition coefficient (Wildman–Crippen LogP) is 1.56. The number of ether oxygens (including phenoxy) is 4. The molecule has 0 saturated carbocycles. The minimum atomic E-state index is -1.09. The molecule has 138 valence electrons. The largest absolute Gasteiger partial charge is 0.463 e. The molecule has 0 aliphatic carbocycles. The second-order valence-corrected chi connectivity index (χ2v) is 5.81. The van der Waals surface area contributed by atoms with E-state index in [0.29, 0.717) is 6.61 Å². The lowest BCUT2D eigenvalue weighted by molar-refractivity contribution is -0.257. The van der Waals surface area contributed by atoms with Gasteiger partial charge in [0.05, 0.1) is 6.61 Å². The number of aliphatic hydroxyl groups excluding tert-OH is 1. The molecule has 0 spiro atoms. The van der Waals surface area contributed by atoms with Crippen molar-refractivity contribution in [1.29, 1.82) is 0 Å². The molecule has 0 bridgehead atoms. The number of hydrogen-bond donors (Lipinski definition) is 1. The standard InChI is InChI=1S/C18H24O7/c1-3-16(20)23-11-15-18(24-12(2)19)14(9-17(21)25-15)22-10-13-7-5-4-6-8-13/h4-8,14-15,17-18,21H,3,9-11H2,1-2H3/t14-,15+,17?,18+/m0/s1. The molecule has 4 atom stereocenters. The quantitative estimate of drug-likeness (QED) is 0.745. The van der Waals surface area contributed by atoms with E-state index in [4.69, 9.17) is 18.9 Å². The lowest BCUT2D eigenvalue weighted by Crippen LogP contribution is -2.53. The van der Waals surface area contributed by atoms with Gasteiger partial charge in [-0.15, -0.1) is 0 Å². The van der Waals surface area contributed by atoms with Crippen LogP contribution in [0.2, 0.25) is 0 Å². The van der Waals surface area contributed by atoms with E-state index in [1.807, 2.05) is 30.3 Å². The molecule has 1 heterocycles. The normalized spacial score (nSPS) is 26.0. The monoisotopic (exact) mass is 352 g/mol. The summed E-state index contributed by atoms with van der Waals surface area (Å²) >= 11 is 0. The Balaban J connectivity index is 2.05. The van der Waals surface area contributed by atoms with Crippen LogP contribution in [0.5, 0.6) is 0 Å². The third-order valence-corrected chi connectivity index (χ3v) is 3.80. The summed E-state index contributed by atoms with van der Waals surface area (Å²) in [4.78, 5) is 22.8. The maximum atomic E-state index is 11.4. The summed E-state index contributed by atoms with van der Waals surface area (Å²) in [5.41, 5.74) is 0.957. The van der Waals surface area contributed by atoms with Crippen molar-refractivity contribution in [1.82, 2.24) is 0 Å². The Morgan fingerprint density at radius 3 is 2.64 bits per heavy atom. The molecule has 1 aromatic rings. The van der Waals surface area contributed by atoms with Gasteiger partial charge in [0.2, 0.25) is 0 Å². The number of rotatable bonds is 7. The first kappa shape index (κ1) is 19.4. The minimum Gasteiger partial charge on any atom is -0.463 e. The Morgan fingerprint density at radius 2 is 2.00 bits per heavy atom. The van der Waals surface area contributed by atoms with Gasteiger partial charge in [0.25, 0.3) is 0 Å². The van der Waals surface area contributed by atoms with Crippen LogP contribution in [0.15, 0.2) is 30.3 Å². The van der Waals surface area contributed by atoms with E-state index in [-0.39, 0.29) is 19.4 Å². The Bertz CT molecular complexity index is 560. The zero-order chi connectivity index (χ0) is 18.2. The van der Waals surface area contributed by atoms with Gasteiger partial charge in [0, 0.05) is 19.8 Å². The van der Waals surface area contributed by atoms with Gasteiger partial charge in [-0.3, -0.25) is 9.59 Å². The molecule has 1 unspecified atom stereocenters. The van der Waals surface area contributed by atoms with Gasteiger partial charge in [-0.25, -0.2) is 0 Å². The van der Waals surface area contributed by atoms with Gasteiger partial charge in [-0.2, -0.15) is 0 Å². The molecule has 1 N–H and O–H groups in total. The van der Waals surface area contributed by atoms with E-state index in [1.54, 1.807) is 6.92 Å². The summed E-state index contributed by atoms with van der Waals surface area (Å²) in [7, 11) is 0. The molecule has 2 rings (SSSR count). The third-order valence-electron chi connectivity index (χ3n) is 3.80. The number of aliphatic hydroxyl groups is 1. The van der Waals surface area contributed by atoms with Crippen molar-refractivity contribution >= 4 is 11.9 Å². The lowest BCUT2D eigenvalue weighted by atomic mass is 10.0. The van der Waals surface area contributed by atoms with Gasteiger partial charge in [-0.05, 0) is 5.56 Å². The Kier molecular flexibility index (Phi) is 7.36. The molecule has 25 heavy (non-hydrogen) atoms. The summed E-state index contributed by atoms with van der Waals surface area (Å²) in [6.07, 6.45) is -2.83. The van der Waals surface area contributed by atoms with Crippen LogP contribution >= 0.6 is 0 Å². The van der Waals surface area contributed by atoms with E-state index in [0.717, 1.165) is 5.56 Å². The summed E-state index contributed by atoms with van der Waals surface area (Å²) in [5, 5.41) is 9.94. The first-order valence-corrected chi connectivity index (χ1v) is 8.31. The SMILES string of the molecule is CCC(=O)OC[C@H]1OC(O)C[C@H](OCc2ccccc2)[C@H]1OC(C)=O. The van der Waals surface area contributed by atoms with Crippen molar-refractivity contribution in [3.63, 3.8) is 0 Å². The number of carbonyl (C=O) groups is 2. The lowest BCUT2D eigenvalue weighted by Gasteiger charge is -2.39. The molecule has 1 aromatic carbocycles. The van der Waals surface area contributed by atoms with E-state index < -0.39 is 36.5 Å². The van der Waals surface area contributed by atoms with Crippen LogP contribution in [0.1, 0.15) is 32.3 Å². The van der Waals surface area contributed by atoms with E-state index >= 15 is 0 Å². The molecule has 0 radical (unpaired) electrons. The molecule has 1 aliphatic rings. The van der Waals surface area contributed by atoms with Crippen molar-refractivity contribution in [2.24, 2.45) is 0 Å². The predicted molar refractivity (Wildman–Crippen MR) is 87.3 cm³/mol. The van der Waals surface area contributed by atoms with Crippen molar-refractivity contribution < 1.29 is 33.6 Å². The van der Waals surface area contributed by atoms with Crippen LogP contribution in [0, 0.1) is 0 Å². The fraction of sp³-hybridized carbons (Fsp3) is 0.556. The second kappa shape index (κ2) is 9.50. The summed E-state index contributed by atoms with van der Waals surface area (Å²) in [5.74, 6) is -0.892. The van der Waals surface area contributed by atoms with Crippen LogP contribution < -0.4 is 0 Å². The van der Waals surface area contributed by atoms with Gasteiger partial charge in [-0.1, -0.05) is 37.3 Å². The molecule has 7 heteroatoms. The highest BCUT2D eigenvalue weighted by Crippen LogP contribution is 2.26.